The van der Waals surface area contributed by atoms with E-state index in [4.69, 9.17) is 0 Å². The third-order valence-corrected chi connectivity index (χ3v) is 2.67. The fourth-order valence-corrected chi connectivity index (χ4v) is 1.79. The van der Waals surface area contributed by atoms with Crippen LogP contribution in [-0.2, 0) is 12.8 Å². The number of hydrogen-bond donors (Lipinski definition) is 1. The van der Waals surface area contributed by atoms with Gasteiger partial charge in [0, 0.05) is 11.3 Å². The molecule has 88 valence electrons. The maximum absolute atomic E-state index is 4.08. The molecule has 2 rings (SSSR count). The van der Waals surface area contributed by atoms with Crippen molar-refractivity contribution in [1.29, 1.82) is 0 Å². The Kier molecular flexibility index (Phi) is 3.65. The molecular formula is C13H16N4. The van der Waals surface area contributed by atoms with Gasteiger partial charge in [0.2, 0.25) is 0 Å². The van der Waals surface area contributed by atoms with E-state index in [9.17, 15) is 0 Å². The summed E-state index contributed by atoms with van der Waals surface area (Å²) in [5, 5.41) is 15.2. The maximum Gasteiger partial charge on any atom is 0.159 e. The van der Waals surface area contributed by atoms with Crippen molar-refractivity contribution in [2.24, 2.45) is 0 Å². The van der Waals surface area contributed by atoms with Gasteiger partial charge in [-0.3, -0.25) is 0 Å². The first-order valence-electron chi connectivity index (χ1n) is 5.88. The molecule has 0 saturated heterocycles. The average molecular weight is 228 g/mol. The number of rotatable bonds is 4. The number of para-hydroxylation sites is 1. The topological polar surface area (TPSA) is 50.7 Å². The van der Waals surface area contributed by atoms with Crippen LogP contribution in [0.25, 0.3) is 0 Å². The van der Waals surface area contributed by atoms with E-state index in [0.717, 1.165) is 35.6 Å². The van der Waals surface area contributed by atoms with Gasteiger partial charge in [-0.05, 0) is 30.2 Å². The van der Waals surface area contributed by atoms with Gasteiger partial charge in [-0.1, -0.05) is 32.0 Å². The zero-order chi connectivity index (χ0) is 12.1. The lowest BCUT2D eigenvalue weighted by atomic mass is 10.1. The second-order valence-corrected chi connectivity index (χ2v) is 3.76. The Morgan fingerprint density at radius 2 is 1.76 bits per heavy atom. The van der Waals surface area contributed by atoms with Crippen LogP contribution in [0.5, 0.6) is 0 Å². The van der Waals surface area contributed by atoms with Crippen LogP contribution in [0.1, 0.15) is 25.1 Å². The van der Waals surface area contributed by atoms with Crippen LogP contribution in [0.2, 0.25) is 0 Å². The zero-order valence-electron chi connectivity index (χ0n) is 10.1. The number of aryl methyl sites for hydroxylation is 1. The summed E-state index contributed by atoms with van der Waals surface area (Å²) in [5.74, 6) is 0.811. The second-order valence-electron chi connectivity index (χ2n) is 3.76. The molecule has 1 N–H and O–H groups in total. The third-order valence-electron chi connectivity index (χ3n) is 2.67. The van der Waals surface area contributed by atoms with Crippen molar-refractivity contribution in [2.45, 2.75) is 26.7 Å². The normalized spacial score (nSPS) is 10.2. The van der Waals surface area contributed by atoms with E-state index in [0.29, 0.717) is 0 Å². The summed E-state index contributed by atoms with van der Waals surface area (Å²) < 4.78 is 0. The Balaban J connectivity index is 2.33. The van der Waals surface area contributed by atoms with E-state index in [1.54, 1.807) is 0 Å². The monoisotopic (exact) mass is 228 g/mol. The molecule has 0 bridgehead atoms. The molecule has 4 nitrogen and oxygen atoms in total. The molecule has 0 aliphatic rings. The molecule has 17 heavy (non-hydrogen) atoms. The summed E-state index contributed by atoms with van der Waals surface area (Å²) in [7, 11) is 0. The van der Waals surface area contributed by atoms with Crippen molar-refractivity contribution < 1.29 is 0 Å². The summed E-state index contributed by atoms with van der Waals surface area (Å²) in [4.78, 5) is 0. The van der Waals surface area contributed by atoms with Crippen molar-refractivity contribution in [2.75, 3.05) is 5.32 Å². The van der Waals surface area contributed by atoms with E-state index < -0.39 is 0 Å². The molecule has 0 spiro atoms. The standard InChI is InChI=1S/C13H16N4/c1-3-11-12(4-2)15-17-16-13(11)14-10-8-6-5-7-9-10/h5-9H,3-4H2,1-2H3,(H,14,15,16). The van der Waals surface area contributed by atoms with Crippen molar-refractivity contribution in [3.63, 3.8) is 0 Å². The molecule has 0 fully saturated rings. The maximum atomic E-state index is 4.08. The summed E-state index contributed by atoms with van der Waals surface area (Å²) in [5.41, 5.74) is 3.18. The number of anilines is 2. The second kappa shape index (κ2) is 5.39. The third kappa shape index (κ3) is 2.58. The van der Waals surface area contributed by atoms with Gasteiger partial charge in [0.05, 0.1) is 5.69 Å². The molecule has 0 amide bonds. The number of nitrogens with zero attached hydrogens (tertiary/aromatic N) is 3. The Morgan fingerprint density at radius 1 is 1.00 bits per heavy atom. The van der Waals surface area contributed by atoms with Crippen LogP contribution in [0, 0.1) is 0 Å². The van der Waals surface area contributed by atoms with Crippen molar-refractivity contribution >= 4 is 11.5 Å². The first-order valence-corrected chi connectivity index (χ1v) is 5.88. The SMILES string of the molecule is CCc1nnnc(Nc2ccccc2)c1CC. The molecule has 0 unspecified atom stereocenters. The lowest BCUT2D eigenvalue weighted by molar-refractivity contribution is 0.792. The lowest BCUT2D eigenvalue weighted by Crippen LogP contribution is -2.06. The van der Waals surface area contributed by atoms with Gasteiger partial charge in [-0.15, -0.1) is 10.2 Å². The van der Waals surface area contributed by atoms with Crippen LogP contribution >= 0.6 is 0 Å². The van der Waals surface area contributed by atoms with Gasteiger partial charge in [-0.2, -0.15) is 0 Å². The number of aromatic nitrogens is 3. The van der Waals surface area contributed by atoms with Crippen LogP contribution in [-0.4, -0.2) is 15.4 Å². The first kappa shape index (κ1) is 11.5. The van der Waals surface area contributed by atoms with Crippen molar-refractivity contribution in [1.82, 2.24) is 15.4 Å². The molecule has 0 aliphatic carbocycles. The predicted molar refractivity (Wildman–Crippen MR) is 68.3 cm³/mol. The number of benzene rings is 1. The highest BCUT2D eigenvalue weighted by molar-refractivity contribution is 5.59. The van der Waals surface area contributed by atoms with E-state index in [-0.39, 0.29) is 0 Å². The minimum atomic E-state index is 0.811. The van der Waals surface area contributed by atoms with E-state index in [1.165, 1.54) is 0 Å². The predicted octanol–water partition coefficient (Wildman–Crippen LogP) is 2.74. The van der Waals surface area contributed by atoms with Crippen LogP contribution in [0.4, 0.5) is 11.5 Å². The van der Waals surface area contributed by atoms with Gasteiger partial charge in [0.15, 0.2) is 5.82 Å². The molecular weight excluding hydrogens is 212 g/mol. The molecule has 2 aromatic rings. The fraction of sp³-hybridized carbons (Fsp3) is 0.308. The Labute approximate surface area is 101 Å². The van der Waals surface area contributed by atoms with E-state index >= 15 is 0 Å². The molecule has 0 radical (unpaired) electrons. The van der Waals surface area contributed by atoms with Crippen molar-refractivity contribution in [3.8, 4) is 0 Å². The van der Waals surface area contributed by atoms with Gasteiger partial charge in [0.25, 0.3) is 0 Å². The zero-order valence-corrected chi connectivity index (χ0v) is 10.1. The smallest absolute Gasteiger partial charge is 0.159 e. The van der Waals surface area contributed by atoms with Crippen LogP contribution < -0.4 is 5.32 Å². The fourth-order valence-electron chi connectivity index (χ4n) is 1.79. The van der Waals surface area contributed by atoms with E-state index in [1.807, 2.05) is 30.3 Å². The average Bonchev–Trinajstić information content (AvgIpc) is 2.39. The molecule has 1 aromatic carbocycles. The Hall–Kier alpha value is -1.97. The first-order chi connectivity index (χ1) is 8.35. The summed E-state index contributed by atoms with van der Waals surface area (Å²) in [6, 6.07) is 9.98. The highest BCUT2D eigenvalue weighted by Gasteiger charge is 2.09. The van der Waals surface area contributed by atoms with Gasteiger partial charge < -0.3 is 5.32 Å². The number of nitrogens with one attached hydrogen (secondary N) is 1. The number of hydrogen-bond acceptors (Lipinski definition) is 4. The summed E-state index contributed by atoms with van der Waals surface area (Å²) in [6.45, 7) is 4.18. The molecule has 1 aromatic heterocycles. The molecule has 0 aliphatic heterocycles. The summed E-state index contributed by atoms with van der Waals surface area (Å²) >= 11 is 0. The largest absolute Gasteiger partial charge is 0.338 e. The van der Waals surface area contributed by atoms with E-state index in [2.05, 4.69) is 34.6 Å². The lowest BCUT2D eigenvalue weighted by Gasteiger charge is -2.10. The molecule has 1 heterocycles. The minimum Gasteiger partial charge on any atom is -0.338 e. The quantitative estimate of drug-likeness (QED) is 0.874. The summed E-state index contributed by atoms with van der Waals surface area (Å²) in [6.07, 6.45) is 1.78. The Bertz CT molecular complexity index is 482. The van der Waals surface area contributed by atoms with Crippen LogP contribution in [0.15, 0.2) is 30.3 Å². The van der Waals surface area contributed by atoms with Crippen LogP contribution in [0.3, 0.4) is 0 Å². The molecule has 4 heteroatoms. The van der Waals surface area contributed by atoms with Crippen molar-refractivity contribution in [3.05, 3.63) is 41.6 Å². The van der Waals surface area contributed by atoms with Gasteiger partial charge >= 0.3 is 0 Å². The molecule has 0 atom stereocenters. The van der Waals surface area contributed by atoms with Gasteiger partial charge in [0.1, 0.15) is 0 Å². The Morgan fingerprint density at radius 3 is 2.41 bits per heavy atom. The minimum absolute atomic E-state index is 0.811. The highest BCUT2D eigenvalue weighted by Crippen LogP contribution is 2.20. The highest BCUT2D eigenvalue weighted by atomic mass is 15.3. The molecule has 0 saturated carbocycles. The van der Waals surface area contributed by atoms with Gasteiger partial charge in [-0.25, -0.2) is 0 Å².